The van der Waals surface area contributed by atoms with E-state index in [2.05, 4.69) is 29.3 Å². The predicted octanol–water partition coefficient (Wildman–Crippen LogP) is 5.20. The number of aromatic carboxylic acids is 1. The maximum Gasteiger partial charge on any atom is 0.339 e. The Morgan fingerprint density at radius 2 is 1.88 bits per heavy atom. The third-order valence-electron chi connectivity index (χ3n) is 6.78. The van der Waals surface area contributed by atoms with E-state index in [1.54, 1.807) is 12.1 Å². The first-order valence-electron chi connectivity index (χ1n) is 11.7. The molecule has 2 N–H and O–H groups in total. The molecule has 2 atom stereocenters. The Morgan fingerprint density at radius 3 is 2.62 bits per heavy atom. The van der Waals surface area contributed by atoms with Gasteiger partial charge in [-0.3, -0.25) is 4.79 Å². The SMILES string of the molecule is CC1CN(c2ccc(C(=O)Nc3scc(C4CCc5ccccc5C4)c3C(=O)O)cc2)CCO1. The summed E-state index contributed by atoms with van der Waals surface area (Å²) in [5.74, 6) is -1.16. The lowest BCUT2D eigenvalue weighted by Crippen LogP contribution is -2.41. The van der Waals surface area contributed by atoms with E-state index in [4.69, 9.17) is 4.74 Å². The molecule has 1 saturated heterocycles. The van der Waals surface area contributed by atoms with Crippen LogP contribution in [0.3, 0.4) is 0 Å². The van der Waals surface area contributed by atoms with Crippen molar-refractivity contribution in [3.63, 3.8) is 0 Å². The molecule has 1 aliphatic carbocycles. The van der Waals surface area contributed by atoms with Gasteiger partial charge in [0.2, 0.25) is 0 Å². The molecule has 2 aromatic carbocycles. The lowest BCUT2D eigenvalue weighted by atomic mass is 9.80. The number of nitrogens with zero attached hydrogens (tertiary/aromatic N) is 1. The molecule has 5 rings (SSSR count). The van der Waals surface area contributed by atoms with Crippen molar-refractivity contribution in [3.05, 3.63) is 81.7 Å². The van der Waals surface area contributed by atoms with E-state index in [0.717, 1.165) is 43.6 Å². The molecule has 1 aliphatic heterocycles. The van der Waals surface area contributed by atoms with Gasteiger partial charge in [-0.15, -0.1) is 11.3 Å². The van der Waals surface area contributed by atoms with Crippen LogP contribution in [-0.2, 0) is 17.6 Å². The average Bonchev–Trinajstić information content (AvgIpc) is 3.27. The second-order valence-electron chi connectivity index (χ2n) is 9.04. The van der Waals surface area contributed by atoms with Crippen molar-refractivity contribution in [2.45, 2.75) is 38.2 Å². The summed E-state index contributed by atoms with van der Waals surface area (Å²) in [7, 11) is 0. The summed E-state index contributed by atoms with van der Waals surface area (Å²) in [5.41, 5.74) is 5.22. The lowest BCUT2D eigenvalue weighted by molar-refractivity contribution is 0.0532. The number of amides is 1. The molecular formula is C27H28N2O4S. The van der Waals surface area contributed by atoms with Crippen LogP contribution in [0.15, 0.2) is 53.9 Å². The number of aryl methyl sites for hydroxylation is 1. The number of anilines is 2. The number of morpholine rings is 1. The van der Waals surface area contributed by atoms with Gasteiger partial charge < -0.3 is 20.1 Å². The standard InChI is InChI=1S/C27H28N2O4S/c1-17-15-29(12-13-33-17)22-10-8-19(9-11-22)25(30)28-26-24(27(31)32)23(16-34-26)21-7-6-18-4-2-3-5-20(18)14-21/h2-5,8-11,16-17,21H,6-7,12-15H2,1H3,(H,28,30)(H,31,32). The zero-order valence-electron chi connectivity index (χ0n) is 19.1. The fourth-order valence-electron chi connectivity index (χ4n) is 5.00. The van der Waals surface area contributed by atoms with Gasteiger partial charge in [0.15, 0.2) is 0 Å². The van der Waals surface area contributed by atoms with Crippen molar-refractivity contribution in [1.29, 1.82) is 0 Å². The van der Waals surface area contributed by atoms with E-state index in [9.17, 15) is 14.7 Å². The monoisotopic (exact) mass is 476 g/mol. The molecule has 1 aromatic heterocycles. The first-order chi connectivity index (χ1) is 16.5. The van der Waals surface area contributed by atoms with Gasteiger partial charge in [0.25, 0.3) is 5.91 Å². The molecule has 34 heavy (non-hydrogen) atoms. The predicted molar refractivity (Wildman–Crippen MR) is 135 cm³/mol. The van der Waals surface area contributed by atoms with Crippen molar-refractivity contribution in [2.24, 2.45) is 0 Å². The molecule has 0 saturated carbocycles. The van der Waals surface area contributed by atoms with Gasteiger partial charge in [0, 0.05) is 24.3 Å². The average molecular weight is 477 g/mol. The van der Waals surface area contributed by atoms with E-state index in [-0.39, 0.29) is 23.5 Å². The van der Waals surface area contributed by atoms with Gasteiger partial charge in [0.05, 0.1) is 18.3 Å². The van der Waals surface area contributed by atoms with Crippen molar-refractivity contribution in [1.82, 2.24) is 0 Å². The van der Waals surface area contributed by atoms with E-state index in [1.807, 2.05) is 29.6 Å². The molecule has 0 bridgehead atoms. The van der Waals surface area contributed by atoms with E-state index >= 15 is 0 Å². The Labute approximate surface area is 203 Å². The number of carbonyl (C=O) groups excluding carboxylic acids is 1. The van der Waals surface area contributed by atoms with Crippen LogP contribution in [0.1, 0.15) is 56.7 Å². The minimum atomic E-state index is -0.998. The van der Waals surface area contributed by atoms with Crippen molar-refractivity contribution >= 4 is 33.9 Å². The Balaban J connectivity index is 1.32. The van der Waals surface area contributed by atoms with Gasteiger partial charge in [-0.1, -0.05) is 24.3 Å². The fourth-order valence-corrected chi connectivity index (χ4v) is 6.03. The van der Waals surface area contributed by atoms with Gasteiger partial charge in [-0.2, -0.15) is 0 Å². The van der Waals surface area contributed by atoms with Gasteiger partial charge >= 0.3 is 5.97 Å². The molecule has 1 fully saturated rings. The highest BCUT2D eigenvalue weighted by Gasteiger charge is 2.28. The fraction of sp³-hybridized carbons (Fsp3) is 0.333. The molecule has 0 radical (unpaired) electrons. The normalized spacial score (nSPS) is 20.0. The summed E-state index contributed by atoms with van der Waals surface area (Å²) in [5, 5.41) is 15.1. The number of benzene rings is 2. The second-order valence-corrected chi connectivity index (χ2v) is 9.92. The van der Waals surface area contributed by atoms with E-state index in [0.29, 0.717) is 17.2 Å². The van der Waals surface area contributed by atoms with Crippen LogP contribution in [0.2, 0.25) is 0 Å². The van der Waals surface area contributed by atoms with Crippen LogP contribution in [-0.4, -0.2) is 42.8 Å². The zero-order chi connectivity index (χ0) is 23.7. The highest BCUT2D eigenvalue weighted by Crippen LogP contribution is 2.40. The van der Waals surface area contributed by atoms with E-state index < -0.39 is 5.97 Å². The second kappa shape index (κ2) is 9.60. The van der Waals surface area contributed by atoms with E-state index in [1.165, 1.54) is 22.5 Å². The topological polar surface area (TPSA) is 78.9 Å². The van der Waals surface area contributed by atoms with Crippen LogP contribution in [0, 0.1) is 0 Å². The first kappa shape index (κ1) is 22.6. The summed E-state index contributed by atoms with van der Waals surface area (Å²) in [6, 6.07) is 15.8. The van der Waals surface area contributed by atoms with Crippen LogP contribution >= 0.6 is 11.3 Å². The molecule has 6 nitrogen and oxygen atoms in total. The van der Waals surface area contributed by atoms with Crippen LogP contribution in [0.25, 0.3) is 0 Å². The minimum Gasteiger partial charge on any atom is -0.478 e. The Kier molecular flexibility index (Phi) is 6.39. The number of hydrogen-bond donors (Lipinski definition) is 2. The number of rotatable bonds is 5. The maximum absolute atomic E-state index is 12.9. The number of carboxylic acids is 1. The molecule has 176 valence electrons. The summed E-state index contributed by atoms with van der Waals surface area (Å²) < 4.78 is 5.60. The zero-order valence-corrected chi connectivity index (χ0v) is 19.9. The number of carboxylic acid groups (broad SMARTS) is 1. The number of ether oxygens (including phenoxy) is 1. The Morgan fingerprint density at radius 1 is 1.12 bits per heavy atom. The van der Waals surface area contributed by atoms with Crippen molar-refractivity contribution in [2.75, 3.05) is 29.9 Å². The summed E-state index contributed by atoms with van der Waals surface area (Å²) in [6.45, 7) is 4.38. The molecular weight excluding hydrogens is 448 g/mol. The van der Waals surface area contributed by atoms with Gasteiger partial charge in [-0.05, 0) is 78.4 Å². The molecule has 2 unspecified atom stereocenters. The number of nitrogens with one attached hydrogen (secondary N) is 1. The van der Waals surface area contributed by atoms with Crippen LogP contribution in [0.5, 0.6) is 0 Å². The summed E-state index contributed by atoms with van der Waals surface area (Å²) in [6.07, 6.45) is 2.84. The number of carbonyl (C=O) groups is 2. The van der Waals surface area contributed by atoms with Crippen LogP contribution in [0.4, 0.5) is 10.7 Å². The third-order valence-corrected chi connectivity index (χ3v) is 7.70. The minimum absolute atomic E-state index is 0.137. The van der Waals surface area contributed by atoms with Crippen molar-refractivity contribution in [3.8, 4) is 0 Å². The number of fused-ring (bicyclic) bond motifs is 1. The van der Waals surface area contributed by atoms with Crippen LogP contribution < -0.4 is 10.2 Å². The molecule has 7 heteroatoms. The number of hydrogen-bond acceptors (Lipinski definition) is 5. The van der Waals surface area contributed by atoms with Gasteiger partial charge in [0.1, 0.15) is 5.00 Å². The molecule has 2 aliphatic rings. The highest BCUT2D eigenvalue weighted by molar-refractivity contribution is 7.15. The summed E-state index contributed by atoms with van der Waals surface area (Å²) in [4.78, 5) is 27.4. The third kappa shape index (κ3) is 4.58. The quantitative estimate of drug-likeness (QED) is 0.529. The van der Waals surface area contributed by atoms with Gasteiger partial charge in [-0.25, -0.2) is 4.79 Å². The lowest BCUT2D eigenvalue weighted by Gasteiger charge is -2.33. The molecule has 1 amide bonds. The summed E-state index contributed by atoms with van der Waals surface area (Å²) >= 11 is 1.29. The van der Waals surface area contributed by atoms with Crippen molar-refractivity contribution < 1.29 is 19.4 Å². The smallest absolute Gasteiger partial charge is 0.339 e. The molecule has 2 heterocycles. The number of thiophene rings is 1. The maximum atomic E-state index is 12.9. The Bertz CT molecular complexity index is 1200. The largest absolute Gasteiger partial charge is 0.478 e. The molecule has 3 aromatic rings. The highest BCUT2D eigenvalue weighted by atomic mass is 32.1. The molecule has 0 spiro atoms. The first-order valence-corrected chi connectivity index (χ1v) is 12.6. The Hall–Kier alpha value is -3.16.